The fraction of sp³-hybridized carbons (Fsp3) is 0.583. The van der Waals surface area contributed by atoms with Crippen molar-refractivity contribution in [3.63, 3.8) is 0 Å². The number of hydrogen-bond acceptors (Lipinski definition) is 3. The summed E-state index contributed by atoms with van der Waals surface area (Å²) in [5.41, 5.74) is 7.15. The summed E-state index contributed by atoms with van der Waals surface area (Å²) in [5, 5.41) is 0. The van der Waals surface area contributed by atoms with Crippen LogP contribution in [0.5, 0.6) is 0 Å². The molecule has 3 nitrogen and oxygen atoms in total. The van der Waals surface area contributed by atoms with Gasteiger partial charge in [0.05, 0.1) is 0 Å². The van der Waals surface area contributed by atoms with Gasteiger partial charge in [0.1, 0.15) is 5.82 Å². The lowest BCUT2D eigenvalue weighted by atomic mass is 10.0. The molecule has 2 heterocycles. The summed E-state index contributed by atoms with van der Waals surface area (Å²) in [6.45, 7) is 6.80. The van der Waals surface area contributed by atoms with Crippen molar-refractivity contribution in [1.29, 1.82) is 0 Å². The molecule has 1 aliphatic heterocycles. The van der Waals surface area contributed by atoms with Crippen molar-refractivity contribution >= 4 is 5.82 Å². The van der Waals surface area contributed by atoms with Crippen molar-refractivity contribution in [3.8, 4) is 0 Å². The summed E-state index contributed by atoms with van der Waals surface area (Å²) in [6.07, 6.45) is 4.47. The van der Waals surface area contributed by atoms with E-state index in [-0.39, 0.29) is 0 Å². The largest absolute Gasteiger partial charge is 0.384 e. The fourth-order valence-corrected chi connectivity index (χ4v) is 2.21. The molecule has 0 bridgehead atoms. The number of rotatable bonds is 2. The Labute approximate surface area is 91.3 Å². The van der Waals surface area contributed by atoms with Gasteiger partial charge in [-0.25, -0.2) is 4.98 Å². The SMILES string of the molecule is CC1(C)CCCN1Cc1ccc(N)nc1. The Balaban J connectivity index is 2.06. The smallest absolute Gasteiger partial charge is 0.123 e. The molecular formula is C12H19N3. The minimum atomic E-state index is 0.335. The Hall–Kier alpha value is -1.09. The van der Waals surface area contributed by atoms with E-state index in [1.807, 2.05) is 12.3 Å². The Bertz CT molecular complexity index is 329. The van der Waals surface area contributed by atoms with Gasteiger partial charge in [-0.2, -0.15) is 0 Å². The van der Waals surface area contributed by atoms with Crippen LogP contribution in [-0.4, -0.2) is 22.0 Å². The van der Waals surface area contributed by atoms with E-state index in [1.165, 1.54) is 24.9 Å². The molecule has 2 rings (SSSR count). The number of anilines is 1. The number of nitrogens with zero attached hydrogens (tertiary/aromatic N) is 2. The molecule has 0 spiro atoms. The lowest BCUT2D eigenvalue weighted by Crippen LogP contribution is -2.37. The maximum atomic E-state index is 5.56. The zero-order valence-corrected chi connectivity index (χ0v) is 9.53. The average molecular weight is 205 g/mol. The Morgan fingerprint density at radius 2 is 2.27 bits per heavy atom. The molecule has 1 aromatic rings. The highest BCUT2D eigenvalue weighted by Gasteiger charge is 2.31. The average Bonchev–Trinajstić information content (AvgIpc) is 2.50. The molecule has 2 N–H and O–H groups in total. The molecule has 0 unspecified atom stereocenters. The third kappa shape index (κ3) is 2.29. The zero-order chi connectivity index (χ0) is 10.9. The lowest BCUT2D eigenvalue weighted by Gasteiger charge is -2.31. The van der Waals surface area contributed by atoms with Crippen molar-refractivity contribution in [1.82, 2.24) is 9.88 Å². The second-order valence-corrected chi connectivity index (χ2v) is 4.93. The Morgan fingerprint density at radius 1 is 1.47 bits per heavy atom. The highest BCUT2D eigenvalue weighted by atomic mass is 15.2. The van der Waals surface area contributed by atoms with Crippen LogP contribution in [0.1, 0.15) is 32.3 Å². The first-order chi connectivity index (χ1) is 7.08. The summed E-state index contributed by atoms with van der Waals surface area (Å²) in [5.74, 6) is 0.597. The van der Waals surface area contributed by atoms with E-state index < -0.39 is 0 Å². The van der Waals surface area contributed by atoms with E-state index in [0.717, 1.165) is 6.54 Å². The molecule has 0 aromatic carbocycles. The molecule has 0 amide bonds. The maximum Gasteiger partial charge on any atom is 0.123 e. The summed E-state index contributed by atoms with van der Waals surface area (Å²) in [6, 6.07) is 3.94. The predicted molar refractivity (Wildman–Crippen MR) is 62.4 cm³/mol. The van der Waals surface area contributed by atoms with Crippen LogP contribution in [0.2, 0.25) is 0 Å². The number of likely N-dealkylation sites (tertiary alicyclic amines) is 1. The number of hydrogen-bond donors (Lipinski definition) is 1. The molecule has 0 atom stereocenters. The van der Waals surface area contributed by atoms with Gasteiger partial charge in [0.2, 0.25) is 0 Å². The summed E-state index contributed by atoms with van der Waals surface area (Å²) in [4.78, 5) is 6.63. The third-order valence-corrected chi connectivity index (χ3v) is 3.29. The Morgan fingerprint density at radius 3 is 2.80 bits per heavy atom. The normalized spacial score (nSPS) is 20.7. The molecule has 1 fully saturated rings. The summed E-state index contributed by atoms with van der Waals surface area (Å²) < 4.78 is 0. The van der Waals surface area contributed by atoms with Crippen LogP contribution in [0.15, 0.2) is 18.3 Å². The van der Waals surface area contributed by atoms with Crippen LogP contribution < -0.4 is 5.73 Å². The van der Waals surface area contributed by atoms with Crippen LogP contribution in [0, 0.1) is 0 Å². The molecule has 0 saturated carbocycles. The van der Waals surface area contributed by atoms with Gasteiger partial charge in [-0.1, -0.05) is 6.07 Å². The predicted octanol–water partition coefficient (Wildman–Crippen LogP) is 2.04. The first-order valence-corrected chi connectivity index (χ1v) is 5.53. The van der Waals surface area contributed by atoms with Gasteiger partial charge in [-0.15, -0.1) is 0 Å². The van der Waals surface area contributed by atoms with Crippen LogP contribution in [-0.2, 0) is 6.54 Å². The van der Waals surface area contributed by atoms with E-state index in [2.05, 4.69) is 29.8 Å². The number of pyridine rings is 1. The first-order valence-electron chi connectivity index (χ1n) is 5.53. The van der Waals surface area contributed by atoms with E-state index in [1.54, 1.807) is 0 Å². The third-order valence-electron chi connectivity index (χ3n) is 3.29. The molecule has 3 heteroatoms. The second-order valence-electron chi connectivity index (χ2n) is 4.93. The standard InChI is InChI=1S/C12H19N3/c1-12(2)6-3-7-15(12)9-10-4-5-11(13)14-8-10/h4-5,8H,3,6-7,9H2,1-2H3,(H2,13,14). The summed E-state index contributed by atoms with van der Waals surface area (Å²) in [7, 11) is 0. The molecule has 82 valence electrons. The fourth-order valence-electron chi connectivity index (χ4n) is 2.21. The van der Waals surface area contributed by atoms with Crippen LogP contribution >= 0.6 is 0 Å². The van der Waals surface area contributed by atoms with E-state index in [9.17, 15) is 0 Å². The maximum absolute atomic E-state index is 5.56. The van der Waals surface area contributed by atoms with Gasteiger partial charge >= 0.3 is 0 Å². The van der Waals surface area contributed by atoms with Gasteiger partial charge in [0, 0.05) is 18.3 Å². The molecule has 1 aliphatic rings. The monoisotopic (exact) mass is 205 g/mol. The molecule has 15 heavy (non-hydrogen) atoms. The number of aromatic nitrogens is 1. The van der Waals surface area contributed by atoms with Crippen molar-refractivity contribution in [2.45, 2.75) is 38.8 Å². The quantitative estimate of drug-likeness (QED) is 0.803. The topological polar surface area (TPSA) is 42.1 Å². The van der Waals surface area contributed by atoms with Gasteiger partial charge in [0.25, 0.3) is 0 Å². The summed E-state index contributed by atoms with van der Waals surface area (Å²) >= 11 is 0. The van der Waals surface area contributed by atoms with Crippen LogP contribution in [0.4, 0.5) is 5.82 Å². The van der Waals surface area contributed by atoms with Crippen molar-refractivity contribution in [2.75, 3.05) is 12.3 Å². The van der Waals surface area contributed by atoms with E-state index in [0.29, 0.717) is 11.4 Å². The van der Waals surface area contributed by atoms with Gasteiger partial charge in [0.15, 0.2) is 0 Å². The van der Waals surface area contributed by atoms with Crippen molar-refractivity contribution in [3.05, 3.63) is 23.9 Å². The highest BCUT2D eigenvalue weighted by Crippen LogP contribution is 2.29. The minimum absolute atomic E-state index is 0.335. The van der Waals surface area contributed by atoms with E-state index >= 15 is 0 Å². The van der Waals surface area contributed by atoms with Crippen molar-refractivity contribution < 1.29 is 0 Å². The zero-order valence-electron chi connectivity index (χ0n) is 9.53. The van der Waals surface area contributed by atoms with Gasteiger partial charge < -0.3 is 5.73 Å². The van der Waals surface area contributed by atoms with Crippen LogP contribution in [0.3, 0.4) is 0 Å². The minimum Gasteiger partial charge on any atom is -0.384 e. The molecule has 1 saturated heterocycles. The highest BCUT2D eigenvalue weighted by molar-refractivity contribution is 5.29. The van der Waals surface area contributed by atoms with E-state index in [4.69, 9.17) is 5.73 Å². The van der Waals surface area contributed by atoms with Crippen molar-refractivity contribution in [2.24, 2.45) is 0 Å². The number of nitrogens with two attached hydrogens (primary N) is 1. The molecule has 1 aromatic heterocycles. The van der Waals surface area contributed by atoms with Gasteiger partial charge in [-0.3, -0.25) is 4.90 Å². The second kappa shape index (κ2) is 3.81. The molecule has 0 radical (unpaired) electrons. The first kappa shape index (κ1) is 10.4. The molecule has 0 aliphatic carbocycles. The van der Waals surface area contributed by atoms with Gasteiger partial charge in [-0.05, 0) is 44.9 Å². The molecular weight excluding hydrogens is 186 g/mol. The van der Waals surface area contributed by atoms with Crippen LogP contribution in [0.25, 0.3) is 0 Å². The number of nitrogen functional groups attached to an aromatic ring is 1. The Kier molecular flexibility index (Phi) is 2.65. The lowest BCUT2D eigenvalue weighted by molar-refractivity contribution is 0.166.